The molecule has 0 aromatic heterocycles. The van der Waals surface area contributed by atoms with Crippen molar-refractivity contribution in [1.29, 1.82) is 0 Å². The van der Waals surface area contributed by atoms with Gasteiger partial charge in [-0.3, -0.25) is 0 Å². The van der Waals surface area contributed by atoms with Crippen molar-refractivity contribution >= 4 is 0 Å². The Kier molecular flexibility index (Phi) is 7.25. The predicted octanol–water partition coefficient (Wildman–Crippen LogP) is 7.79. The highest BCUT2D eigenvalue weighted by atomic mass is 14.4. The van der Waals surface area contributed by atoms with Gasteiger partial charge in [0.25, 0.3) is 0 Å². The molecule has 0 bridgehead atoms. The van der Waals surface area contributed by atoms with E-state index in [0.29, 0.717) is 5.92 Å². The van der Waals surface area contributed by atoms with Crippen LogP contribution in [0.5, 0.6) is 0 Å². The van der Waals surface area contributed by atoms with Gasteiger partial charge in [0.1, 0.15) is 0 Å². The Bertz CT molecular complexity index is 721. The minimum atomic E-state index is -0.224. The molecule has 0 amide bonds. The molecule has 1 unspecified atom stereocenters. The summed E-state index contributed by atoms with van der Waals surface area (Å²) in [5, 5.41) is 0. The van der Waals surface area contributed by atoms with Gasteiger partial charge in [0, 0.05) is 0 Å². The quantitative estimate of drug-likeness (QED) is 0.194. The molecule has 1 atom stereocenters. The van der Waals surface area contributed by atoms with E-state index in [0.717, 1.165) is 6.42 Å². The number of rotatable bonds is 10. The zero-order valence-electron chi connectivity index (χ0n) is 17.1. The van der Waals surface area contributed by atoms with Crippen LogP contribution in [0.25, 0.3) is 0 Å². The van der Waals surface area contributed by atoms with Crippen LogP contribution >= 0.6 is 0 Å². The van der Waals surface area contributed by atoms with Crippen molar-refractivity contribution < 1.29 is 0 Å². The van der Waals surface area contributed by atoms with E-state index < -0.39 is 0 Å². The van der Waals surface area contributed by atoms with Crippen LogP contribution in [0.3, 0.4) is 0 Å². The monoisotopic (exact) mass is 368 g/mol. The van der Waals surface area contributed by atoms with Crippen LogP contribution in [0, 0.1) is 5.92 Å². The Hall–Kier alpha value is -2.60. The lowest BCUT2D eigenvalue weighted by molar-refractivity contribution is 0.402. The van der Waals surface area contributed by atoms with E-state index in [1.807, 2.05) is 0 Å². The summed E-state index contributed by atoms with van der Waals surface area (Å²) in [5.74, 6) is 0.330. The van der Waals surface area contributed by atoms with E-state index in [1.54, 1.807) is 0 Å². The van der Waals surface area contributed by atoms with Gasteiger partial charge in [0.15, 0.2) is 0 Å². The number of hydrogen-bond acceptors (Lipinski definition) is 0. The zero-order chi connectivity index (χ0) is 19.7. The maximum atomic E-state index is 4.30. The number of allylic oxidation sites excluding steroid dienone is 1. The molecule has 3 aromatic rings. The molecule has 0 saturated carbocycles. The Morgan fingerprint density at radius 2 is 1.11 bits per heavy atom. The molecule has 0 saturated heterocycles. The summed E-state index contributed by atoms with van der Waals surface area (Å²) in [5.41, 5.74) is 3.80. The average molecular weight is 369 g/mol. The van der Waals surface area contributed by atoms with Crippen molar-refractivity contribution in [3.63, 3.8) is 0 Å². The molecule has 0 N–H and O–H groups in total. The average Bonchev–Trinajstić information content (AvgIpc) is 2.78. The Morgan fingerprint density at radius 1 is 0.679 bits per heavy atom. The Labute approximate surface area is 171 Å². The molecule has 3 rings (SSSR count). The van der Waals surface area contributed by atoms with E-state index in [-0.39, 0.29) is 5.41 Å². The zero-order valence-corrected chi connectivity index (χ0v) is 17.1. The van der Waals surface area contributed by atoms with Crippen LogP contribution in [0.2, 0.25) is 0 Å². The molecule has 0 aliphatic carbocycles. The fourth-order valence-corrected chi connectivity index (χ4v) is 4.55. The van der Waals surface area contributed by atoms with Gasteiger partial charge in [-0.05, 0) is 29.0 Å². The summed E-state index contributed by atoms with van der Waals surface area (Å²) < 4.78 is 0. The van der Waals surface area contributed by atoms with Crippen molar-refractivity contribution in [2.75, 3.05) is 0 Å². The Morgan fingerprint density at radius 3 is 1.46 bits per heavy atom. The molecule has 0 aliphatic heterocycles. The lowest BCUT2D eigenvalue weighted by Crippen LogP contribution is -2.37. The first-order chi connectivity index (χ1) is 13.8. The van der Waals surface area contributed by atoms with Crippen LogP contribution in [0.1, 0.15) is 55.7 Å². The second-order valence-corrected chi connectivity index (χ2v) is 7.60. The predicted molar refractivity (Wildman–Crippen MR) is 122 cm³/mol. The number of benzene rings is 3. The minimum absolute atomic E-state index is 0.224. The van der Waals surface area contributed by atoms with Crippen molar-refractivity contribution in [3.8, 4) is 0 Å². The molecule has 0 spiro atoms. The third-order valence-electron chi connectivity index (χ3n) is 5.90. The maximum absolute atomic E-state index is 4.30. The summed E-state index contributed by atoms with van der Waals surface area (Å²) in [6.45, 7) is 6.57. The highest BCUT2D eigenvalue weighted by molar-refractivity contribution is 5.52. The van der Waals surface area contributed by atoms with Gasteiger partial charge in [-0.1, -0.05) is 130 Å². The highest BCUT2D eigenvalue weighted by Crippen LogP contribution is 2.47. The van der Waals surface area contributed by atoms with Gasteiger partial charge < -0.3 is 0 Å². The van der Waals surface area contributed by atoms with Crippen LogP contribution in [-0.4, -0.2) is 0 Å². The van der Waals surface area contributed by atoms with Crippen molar-refractivity contribution in [2.24, 2.45) is 5.92 Å². The molecule has 28 heavy (non-hydrogen) atoms. The fraction of sp³-hybridized carbons (Fsp3) is 0.286. The van der Waals surface area contributed by atoms with Crippen molar-refractivity contribution in [1.82, 2.24) is 0 Å². The third kappa shape index (κ3) is 4.12. The minimum Gasteiger partial charge on any atom is -0.103 e. The summed E-state index contributed by atoms with van der Waals surface area (Å²) >= 11 is 0. The van der Waals surface area contributed by atoms with Gasteiger partial charge in [0.05, 0.1) is 5.41 Å². The van der Waals surface area contributed by atoms with Crippen LogP contribution in [0.15, 0.2) is 104 Å². The van der Waals surface area contributed by atoms with E-state index in [1.165, 1.54) is 42.4 Å². The summed E-state index contributed by atoms with van der Waals surface area (Å²) in [6, 6.07) is 33.0. The number of hydrogen-bond donors (Lipinski definition) is 0. The molecule has 0 aliphatic rings. The van der Waals surface area contributed by atoms with E-state index in [4.69, 9.17) is 0 Å². The van der Waals surface area contributed by atoms with E-state index >= 15 is 0 Å². The SMILES string of the molecule is C=CC(CCCCCC)C(c1ccccc1)(c1ccccc1)c1ccccc1. The largest absolute Gasteiger partial charge is 0.103 e. The van der Waals surface area contributed by atoms with Gasteiger partial charge in [-0.2, -0.15) is 0 Å². The van der Waals surface area contributed by atoms with Crippen LogP contribution in [0.4, 0.5) is 0 Å². The highest BCUT2D eigenvalue weighted by Gasteiger charge is 2.41. The van der Waals surface area contributed by atoms with Gasteiger partial charge in [-0.25, -0.2) is 0 Å². The Balaban J connectivity index is 2.20. The lowest BCUT2D eigenvalue weighted by Gasteiger charge is -2.42. The standard InChI is InChI=1S/C28H32/c1-3-5-6-10-17-24(4-2)28(25-18-11-7-12-19-25,26-20-13-8-14-21-26)27-22-15-9-16-23-27/h4,7-9,11-16,18-24H,2-3,5-6,10,17H2,1H3. The second-order valence-electron chi connectivity index (χ2n) is 7.60. The smallest absolute Gasteiger partial charge is 0.0513 e. The first-order valence-corrected chi connectivity index (χ1v) is 10.6. The molecule has 3 aromatic carbocycles. The molecule has 144 valence electrons. The normalized spacial score (nSPS) is 12.5. The van der Waals surface area contributed by atoms with E-state index in [9.17, 15) is 0 Å². The van der Waals surface area contributed by atoms with Crippen LogP contribution in [-0.2, 0) is 5.41 Å². The van der Waals surface area contributed by atoms with Crippen LogP contribution < -0.4 is 0 Å². The first-order valence-electron chi connectivity index (χ1n) is 10.6. The maximum Gasteiger partial charge on any atom is 0.0513 e. The third-order valence-corrected chi connectivity index (χ3v) is 5.90. The van der Waals surface area contributed by atoms with Crippen molar-refractivity contribution in [2.45, 2.75) is 44.4 Å². The molecule has 0 fully saturated rings. The molecular formula is C28H32. The summed E-state index contributed by atoms with van der Waals surface area (Å²) in [6.07, 6.45) is 8.42. The summed E-state index contributed by atoms with van der Waals surface area (Å²) in [7, 11) is 0. The summed E-state index contributed by atoms with van der Waals surface area (Å²) in [4.78, 5) is 0. The second kappa shape index (κ2) is 10.1. The molecule has 0 heteroatoms. The lowest BCUT2D eigenvalue weighted by atomic mass is 9.60. The molecule has 0 heterocycles. The van der Waals surface area contributed by atoms with Gasteiger partial charge >= 0.3 is 0 Å². The van der Waals surface area contributed by atoms with E-state index in [2.05, 4.69) is 111 Å². The molecule has 0 nitrogen and oxygen atoms in total. The molecular weight excluding hydrogens is 336 g/mol. The fourth-order valence-electron chi connectivity index (χ4n) is 4.55. The first kappa shape index (κ1) is 20.1. The number of unbranched alkanes of at least 4 members (excludes halogenated alkanes) is 3. The topological polar surface area (TPSA) is 0 Å². The van der Waals surface area contributed by atoms with Gasteiger partial charge in [0.2, 0.25) is 0 Å². The molecule has 0 radical (unpaired) electrons. The van der Waals surface area contributed by atoms with Crippen molar-refractivity contribution in [3.05, 3.63) is 120 Å². The van der Waals surface area contributed by atoms with Gasteiger partial charge in [-0.15, -0.1) is 6.58 Å².